The number of hydrogen-bond donors (Lipinski definition) is 2. The minimum absolute atomic E-state index is 0.0122. The lowest BCUT2D eigenvalue weighted by atomic mass is 10.2. The first-order valence-electron chi connectivity index (χ1n) is 5.54. The van der Waals surface area contributed by atoms with E-state index in [9.17, 15) is 9.18 Å². The number of carbonyl (C=O) groups is 1. The molecule has 2 N–H and O–H groups in total. The van der Waals surface area contributed by atoms with Gasteiger partial charge in [-0.2, -0.15) is 5.26 Å². The van der Waals surface area contributed by atoms with Crippen molar-refractivity contribution in [1.82, 2.24) is 5.32 Å². The Morgan fingerprint density at radius 1 is 1.61 bits per heavy atom. The van der Waals surface area contributed by atoms with Gasteiger partial charge in [-0.1, -0.05) is 0 Å². The third-order valence-corrected chi connectivity index (χ3v) is 2.95. The van der Waals surface area contributed by atoms with Crippen LogP contribution in [0.3, 0.4) is 0 Å². The van der Waals surface area contributed by atoms with Crippen molar-refractivity contribution in [3.05, 3.63) is 29.6 Å². The third kappa shape index (κ3) is 2.51. The lowest BCUT2D eigenvalue weighted by Crippen LogP contribution is -2.36. The van der Waals surface area contributed by atoms with Gasteiger partial charge < -0.3 is 15.3 Å². The Hall–Kier alpha value is -2.29. The highest BCUT2D eigenvalue weighted by Crippen LogP contribution is 2.22. The molecule has 0 bridgehead atoms. The van der Waals surface area contributed by atoms with Crippen LogP contribution < -0.4 is 10.2 Å². The lowest BCUT2D eigenvalue weighted by Gasteiger charge is -2.18. The Labute approximate surface area is 103 Å². The predicted molar refractivity (Wildman–Crippen MR) is 62.9 cm³/mol. The molecule has 18 heavy (non-hydrogen) atoms. The molecule has 1 fully saturated rings. The third-order valence-electron chi connectivity index (χ3n) is 2.95. The van der Waals surface area contributed by atoms with Gasteiger partial charge >= 0.3 is 6.09 Å². The zero-order chi connectivity index (χ0) is 13.1. The van der Waals surface area contributed by atoms with E-state index in [-0.39, 0.29) is 11.6 Å². The summed E-state index contributed by atoms with van der Waals surface area (Å²) in [6.07, 6.45) is -0.360. The maximum atomic E-state index is 13.5. The topological polar surface area (TPSA) is 76.4 Å². The van der Waals surface area contributed by atoms with Crippen LogP contribution in [0.4, 0.5) is 14.9 Å². The molecule has 6 heteroatoms. The van der Waals surface area contributed by atoms with Crippen molar-refractivity contribution >= 4 is 11.8 Å². The Bertz CT molecular complexity index is 513. The van der Waals surface area contributed by atoms with Crippen molar-refractivity contribution in [2.45, 2.75) is 12.5 Å². The number of hydrogen-bond acceptors (Lipinski definition) is 3. The second-order valence-corrected chi connectivity index (χ2v) is 4.16. The van der Waals surface area contributed by atoms with Crippen LogP contribution in [0, 0.1) is 17.1 Å². The molecule has 5 nitrogen and oxygen atoms in total. The molecule has 1 aromatic carbocycles. The fourth-order valence-electron chi connectivity index (χ4n) is 2.08. The number of carboxylic acid groups (broad SMARTS) is 1. The van der Waals surface area contributed by atoms with E-state index in [1.807, 2.05) is 4.90 Å². The highest BCUT2D eigenvalue weighted by molar-refractivity contribution is 5.65. The summed E-state index contributed by atoms with van der Waals surface area (Å²) in [6.45, 7) is 1.17. The first kappa shape index (κ1) is 12.2. The number of anilines is 1. The van der Waals surface area contributed by atoms with Gasteiger partial charge in [-0.25, -0.2) is 9.18 Å². The Morgan fingerprint density at radius 2 is 2.39 bits per heavy atom. The molecular weight excluding hydrogens is 237 g/mol. The molecule has 1 aliphatic heterocycles. The van der Waals surface area contributed by atoms with Gasteiger partial charge in [0.1, 0.15) is 11.9 Å². The molecule has 94 valence electrons. The monoisotopic (exact) mass is 249 g/mol. The average Bonchev–Trinajstić information content (AvgIpc) is 2.76. The van der Waals surface area contributed by atoms with E-state index in [0.717, 1.165) is 0 Å². The molecule has 0 unspecified atom stereocenters. The summed E-state index contributed by atoms with van der Waals surface area (Å²) in [5.74, 6) is -0.551. The van der Waals surface area contributed by atoms with Crippen molar-refractivity contribution in [3.63, 3.8) is 0 Å². The Balaban J connectivity index is 2.08. The maximum Gasteiger partial charge on any atom is 0.404 e. The SMILES string of the molecule is N#Cc1ccc(N2CC[C@@H](NC(=O)O)C2)cc1F. The minimum Gasteiger partial charge on any atom is -0.465 e. The molecule has 1 atom stereocenters. The van der Waals surface area contributed by atoms with E-state index >= 15 is 0 Å². The van der Waals surface area contributed by atoms with Crippen LogP contribution in [0.5, 0.6) is 0 Å². The molecular formula is C12H12FN3O2. The summed E-state index contributed by atoms with van der Waals surface area (Å²) in [5, 5.41) is 19.7. The first-order chi connectivity index (χ1) is 8.60. The van der Waals surface area contributed by atoms with E-state index in [2.05, 4.69) is 5.32 Å². The number of halogens is 1. The molecule has 1 saturated heterocycles. The maximum absolute atomic E-state index is 13.5. The number of rotatable bonds is 2. The molecule has 1 heterocycles. The van der Waals surface area contributed by atoms with Crippen LogP contribution in [0.2, 0.25) is 0 Å². The van der Waals surface area contributed by atoms with E-state index < -0.39 is 11.9 Å². The van der Waals surface area contributed by atoms with Gasteiger partial charge in [0.15, 0.2) is 0 Å². The lowest BCUT2D eigenvalue weighted by molar-refractivity contribution is 0.191. The molecule has 1 aromatic rings. The average molecular weight is 249 g/mol. The molecule has 0 aliphatic carbocycles. The molecule has 0 saturated carbocycles. The summed E-state index contributed by atoms with van der Waals surface area (Å²) in [4.78, 5) is 12.4. The van der Waals surface area contributed by atoms with Crippen LogP contribution in [0.25, 0.3) is 0 Å². The summed E-state index contributed by atoms with van der Waals surface area (Å²) in [6, 6.07) is 6.04. The quantitative estimate of drug-likeness (QED) is 0.833. The predicted octanol–water partition coefficient (Wildman–Crippen LogP) is 1.54. The van der Waals surface area contributed by atoms with Gasteiger partial charge in [0.25, 0.3) is 0 Å². The van der Waals surface area contributed by atoms with Crippen LogP contribution in [-0.2, 0) is 0 Å². The molecule has 0 radical (unpaired) electrons. The molecule has 2 rings (SSSR count). The zero-order valence-electron chi connectivity index (χ0n) is 9.56. The number of benzene rings is 1. The van der Waals surface area contributed by atoms with Crippen molar-refractivity contribution < 1.29 is 14.3 Å². The Kier molecular flexibility index (Phi) is 3.33. The van der Waals surface area contributed by atoms with Gasteiger partial charge in [0.05, 0.1) is 11.6 Å². The summed E-state index contributed by atoms with van der Waals surface area (Å²) in [7, 11) is 0. The van der Waals surface area contributed by atoms with Crippen molar-refractivity contribution in [2.75, 3.05) is 18.0 Å². The molecule has 0 aromatic heterocycles. The second-order valence-electron chi connectivity index (χ2n) is 4.16. The van der Waals surface area contributed by atoms with Crippen LogP contribution in [0.1, 0.15) is 12.0 Å². The van der Waals surface area contributed by atoms with E-state index in [4.69, 9.17) is 10.4 Å². The smallest absolute Gasteiger partial charge is 0.404 e. The molecule has 1 aliphatic rings. The summed E-state index contributed by atoms with van der Waals surface area (Å²) in [5.41, 5.74) is 0.680. The van der Waals surface area contributed by atoms with Gasteiger partial charge in [0.2, 0.25) is 0 Å². The fraction of sp³-hybridized carbons (Fsp3) is 0.333. The summed E-state index contributed by atoms with van der Waals surface area (Å²) < 4.78 is 13.5. The van der Waals surface area contributed by atoms with Gasteiger partial charge in [-0.05, 0) is 24.6 Å². The van der Waals surface area contributed by atoms with Crippen molar-refractivity contribution in [3.8, 4) is 6.07 Å². The second kappa shape index (κ2) is 4.92. The largest absolute Gasteiger partial charge is 0.465 e. The number of nitriles is 1. The fourth-order valence-corrected chi connectivity index (χ4v) is 2.08. The summed E-state index contributed by atoms with van der Waals surface area (Å²) >= 11 is 0. The standard InChI is InChI=1S/C12H12FN3O2/c13-11-5-10(2-1-8(11)6-14)16-4-3-9(7-16)15-12(17)18/h1-2,5,9,15H,3-4,7H2,(H,17,18)/t9-/m1/s1. The van der Waals surface area contributed by atoms with Gasteiger partial charge in [0, 0.05) is 18.8 Å². The Morgan fingerprint density at radius 3 is 3.00 bits per heavy atom. The molecule has 1 amide bonds. The minimum atomic E-state index is -1.05. The van der Waals surface area contributed by atoms with E-state index in [1.54, 1.807) is 12.1 Å². The number of nitrogens with zero attached hydrogens (tertiary/aromatic N) is 2. The number of amides is 1. The normalized spacial score (nSPS) is 18.4. The van der Waals surface area contributed by atoms with Crippen LogP contribution in [-0.4, -0.2) is 30.3 Å². The highest BCUT2D eigenvalue weighted by atomic mass is 19.1. The van der Waals surface area contributed by atoms with E-state index in [0.29, 0.717) is 25.2 Å². The van der Waals surface area contributed by atoms with Crippen LogP contribution >= 0.6 is 0 Å². The zero-order valence-corrected chi connectivity index (χ0v) is 9.56. The van der Waals surface area contributed by atoms with E-state index in [1.165, 1.54) is 12.1 Å². The molecule has 0 spiro atoms. The van der Waals surface area contributed by atoms with Gasteiger partial charge in [-0.15, -0.1) is 0 Å². The van der Waals surface area contributed by atoms with Crippen LogP contribution in [0.15, 0.2) is 18.2 Å². The highest BCUT2D eigenvalue weighted by Gasteiger charge is 2.24. The van der Waals surface area contributed by atoms with Crippen molar-refractivity contribution in [2.24, 2.45) is 0 Å². The first-order valence-corrected chi connectivity index (χ1v) is 5.54. The van der Waals surface area contributed by atoms with Gasteiger partial charge in [-0.3, -0.25) is 0 Å². The number of nitrogens with one attached hydrogen (secondary N) is 1. The van der Waals surface area contributed by atoms with Crippen molar-refractivity contribution in [1.29, 1.82) is 5.26 Å².